The third kappa shape index (κ3) is 59.1. The number of aliphatic hydroxyl groups is 1. The minimum Gasteiger partial charge on any atom is -0.465 e. The molecule has 0 amide bonds. The molecule has 0 atom stereocenters. The zero-order valence-corrected chi connectivity index (χ0v) is 34.3. The lowest BCUT2D eigenvalue weighted by Gasteiger charge is -2.06. The SMILES string of the molecule is CC(C)CO.CCCCCCCC/C=C\CCCCCCCC(=O)OCC(C)C.CCCCCCCC/C=C\CCCCCCCC(C)=O. The minimum atomic E-state index is -0.0265. The lowest BCUT2D eigenvalue weighted by Crippen LogP contribution is -2.09. The molecule has 0 radical (unpaired) electrons. The Morgan fingerprint density at radius 1 is 0.490 bits per heavy atom. The predicted octanol–water partition coefficient (Wildman–Crippen LogP) is 14.5. The normalized spacial score (nSPS) is 11.2. The number of unbranched alkanes of at least 4 members (excludes halogenated alkanes) is 22. The van der Waals surface area contributed by atoms with Crippen molar-refractivity contribution in [3.63, 3.8) is 0 Å². The van der Waals surface area contributed by atoms with Gasteiger partial charge in [0.25, 0.3) is 0 Å². The highest BCUT2D eigenvalue weighted by Crippen LogP contribution is 2.12. The highest BCUT2D eigenvalue weighted by molar-refractivity contribution is 5.75. The second-order valence-electron chi connectivity index (χ2n) is 15.0. The van der Waals surface area contributed by atoms with Crippen LogP contribution in [0.4, 0.5) is 0 Å². The van der Waals surface area contributed by atoms with E-state index in [9.17, 15) is 9.59 Å². The molecule has 49 heavy (non-hydrogen) atoms. The molecule has 0 saturated carbocycles. The summed E-state index contributed by atoms with van der Waals surface area (Å²) in [6.07, 6.45) is 44.6. The van der Waals surface area contributed by atoms with Crippen LogP contribution in [0, 0.1) is 11.8 Å². The Hall–Kier alpha value is -1.42. The van der Waals surface area contributed by atoms with Crippen molar-refractivity contribution < 1.29 is 19.4 Å². The molecule has 0 aromatic carbocycles. The molecule has 0 aromatic heterocycles. The number of esters is 1. The average Bonchev–Trinajstić information content (AvgIpc) is 3.07. The molecular formula is C45H88O4. The number of carbonyl (C=O) groups excluding carboxylic acids is 2. The molecule has 0 aromatic rings. The molecule has 0 rings (SSSR count). The molecule has 0 saturated heterocycles. The van der Waals surface area contributed by atoms with E-state index in [1.807, 2.05) is 13.8 Å². The van der Waals surface area contributed by atoms with Crippen LogP contribution >= 0.6 is 0 Å². The lowest BCUT2D eigenvalue weighted by molar-refractivity contribution is -0.144. The van der Waals surface area contributed by atoms with Crippen LogP contribution in [0.2, 0.25) is 0 Å². The van der Waals surface area contributed by atoms with E-state index in [1.165, 1.54) is 148 Å². The second kappa shape index (κ2) is 46.6. The van der Waals surface area contributed by atoms with E-state index in [0.717, 1.165) is 25.7 Å². The Kier molecular flexibility index (Phi) is 49.4. The summed E-state index contributed by atoms with van der Waals surface area (Å²) < 4.78 is 5.17. The van der Waals surface area contributed by atoms with E-state index >= 15 is 0 Å². The van der Waals surface area contributed by atoms with Crippen LogP contribution in [-0.4, -0.2) is 30.1 Å². The first-order valence-electron chi connectivity index (χ1n) is 21.3. The van der Waals surface area contributed by atoms with E-state index < -0.39 is 0 Å². The fraction of sp³-hybridized carbons (Fsp3) is 0.867. The number of aliphatic hydroxyl groups excluding tert-OH is 1. The van der Waals surface area contributed by atoms with Crippen molar-refractivity contribution in [3.8, 4) is 0 Å². The number of Topliss-reactive ketones (excluding diaryl/α,β-unsaturated/α-hetero) is 1. The first-order chi connectivity index (χ1) is 23.7. The molecule has 4 nitrogen and oxygen atoms in total. The fourth-order valence-electron chi connectivity index (χ4n) is 5.12. The molecule has 0 unspecified atom stereocenters. The van der Waals surface area contributed by atoms with Gasteiger partial charge in [0.1, 0.15) is 5.78 Å². The van der Waals surface area contributed by atoms with Gasteiger partial charge in [-0.1, -0.05) is 169 Å². The van der Waals surface area contributed by atoms with Gasteiger partial charge in [-0.05, 0) is 83.0 Å². The maximum Gasteiger partial charge on any atom is 0.305 e. The maximum atomic E-state index is 11.5. The van der Waals surface area contributed by atoms with Gasteiger partial charge in [-0.15, -0.1) is 0 Å². The van der Waals surface area contributed by atoms with Crippen molar-refractivity contribution in [2.24, 2.45) is 11.8 Å². The van der Waals surface area contributed by atoms with Crippen molar-refractivity contribution >= 4 is 11.8 Å². The van der Waals surface area contributed by atoms with Crippen LogP contribution in [0.25, 0.3) is 0 Å². The number of hydrogen-bond acceptors (Lipinski definition) is 4. The zero-order chi connectivity index (χ0) is 37.1. The zero-order valence-electron chi connectivity index (χ0n) is 34.3. The van der Waals surface area contributed by atoms with Crippen LogP contribution in [0.1, 0.15) is 228 Å². The number of ketones is 1. The van der Waals surface area contributed by atoms with Gasteiger partial charge >= 0.3 is 5.97 Å². The molecule has 0 heterocycles. The predicted molar refractivity (Wildman–Crippen MR) is 217 cm³/mol. The third-order valence-corrected chi connectivity index (χ3v) is 8.38. The Balaban J connectivity index is -0.000000766. The van der Waals surface area contributed by atoms with Gasteiger partial charge in [-0.2, -0.15) is 0 Å². The third-order valence-electron chi connectivity index (χ3n) is 8.38. The number of ether oxygens (including phenoxy) is 1. The van der Waals surface area contributed by atoms with E-state index in [1.54, 1.807) is 6.92 Å². The highest BCUT2D eigenvalue weighted by atomic mass is 16.5. The summed E-state index contributed by atoms with van der Waals surface area (Å²) in [6.45, 7) is 15.2. The van der Waals surface area contributed by atoms with Crippen molar-refractivity contribution in [3.05, 3.63) is 24.3 Å². The molecule has 0 aliphatic heterocycles. The van der Waals surface area contributed by atoms with Gasteiger partial charge in [0, 0.05) is 19.4 Å². The summed E-state index contributed by atoms with van der Waals surface area (Å²) in [5.41, 5.74) is 0. The van der Waals surface area contributed by atoms with Gasteiger partial charge in [0.05, 0.1) is 6.61 Å². The van der Waals surface area contributed by atoms with E-state index in [4.69, 9.17) is 9.84 Å². The Morgan fingerprint density at radius 3 is 1.10 bits per heavy atom. The summed E-state index contributed by atoms with van der Waals surface area (Å²) in [5, 5.41) is 8.14. The number of hydrogen-bond donors (Lipinski definition) is 1. The summed E-state index contributed by atoms with van der Waals surface area (Å²) >= 11 is 0. The molecule has 0 bridgehead atoms. The van der Waals surface area contributed by atoms with Crippen molar-refractivity contribution in [1.29, 1.82) is 0 Å². The van der Waals surface area contributed by atoms with Gasteiger partial charge in [-0.25, -0.2) is 0 Å². The van der Waals surface area contributed by atoms with Crippen LogP contribution in [-0.2, 0) is 14.3 Å². The van der Waals surface area contributed by atoms with Crippen molar-refractivity contribution in [1.82, 2.24) is 0 Å². The van der Waals surface area contributed by atoms with Crippen LogP contribution in [0.15, 0.2) is 24.3 Å². The molecule has 0 spiro atoms. The number of rotatable bonds is 33. The molecule has 0 aliphatic carbocycles. The fourth-order valence-corrected chi connectivity index (χ4v) is 5.12. The second-order valence-corrected chi connectivity index (χ2v) is 15.0. The van der Waals surface area contributed by atoms with Gasteiger partial charge in [0.2, 0.25) is 0 Å². The van der Waals surface area contributed by atoms with Gasteiger partial charge < -0.3 is 14.6 Å². The Bertz CT molecular complexity index is 694. The molecule has 292 valence electrons. The molecule has 4 heteroatoms. The monoisotopic (exact) mass is 693 g/mol. The molecule has 0 fully saturated rings. The van der Waals surface area contributed by atoms with E-state index in [-0.39, 0.29) is 5.97 Å². The largest absolute Gasteiger partial charge is 0.465 e. The first kappa shape index (κ1) is 51.9. The average molecular weight is 693 g/mol. The minimum absolute atomic E-state index is 0.0265. The van der Waals surface area contributed by atoms with Crippen LogP contribution in [0.5, 0.6) is 0 Å². The van der Waals surface area contributed by atoms with E-state index in [0.29, 0.717) is 37.3 Å². The number of carbonyl (C=O) groups is 2. The summed E-state index contributed by atoms with van der Waals surface area (Å²) in [6, 6.07) is 0. The van der Waals surface area contributed by atoms with Crippen LogP contribution < -0.4 is 0 Å². The summed E-state index contributed by atoms with van der Waals surface area (Å²) in [5.74, 6) is 1.18. The van der Waals surface area contributed by atoms with Crippen molar-refractivity contribution in [2.45, 2.75) is 228 Å². The standard InChI is InChI=1S/C22H42O2.C19H36O.C4H10O/c1-4-5-6-7-8-9-10-11-12-13-14-15-16-17-18-19-22(23)24-20-21(2)3;1-3-4-5-6-7-8-9-10-11-12-13-14-15-16-17-18-19(2)20;1-4(2)3-5/h11-12,21H,4-10,13-20H2,1-3H3;10-11H,3-9,12-18H2,1-2H3;4-5H,3H2,1-2H3/b12-11-;11-10-;. The maximum absolute atomic E-state index is 11.5. The van der Waals surface area contributed by atoms with Gasteiger partial charge in [0.15, 0.2) is 0 Å². The summed E-state index contributed by atoms with van der Waals surface area (Å²) in [7, 11) is 0. The molecule has 1 N–H and O–H groups in total. The van der Waals surface area contributed by atoms with Crippen LogP contribution in [0.3, 0.4) is 0 Å². The quantitative estimate of drug-likeness (QED) is 0.0422. The lowest BCUT2D eigenvalue weighted by atomic mass is 10.1. The molecular weight excluding hydrogens is 604 g/mol. The Morgan fingerprint density at radius 2 is 0.796 bits per heavy atom. The number of allylic oxidation sites excluding steroid dienone is 4. The highest BCUT2D eigenvalue weighted by Gasteiger charge is 2.03. The molecule has 0 aliphatic rings. The van der Waals surface area contributed by atoms with E-state index in [2.05, 4.69) is 52.0 Å². The van der Waals surface area contributed by atoms with Gasteiger partial charge in [-0.3, -0.25) is 4.79 Å². The van der Waals surface area contributed by atoms with Crippen molar-refractivity contribution in [2.75, 3.05) is 13.2 Å². The topological polar surface area (TPSA) is 63.6 Å². The summed E-state index contributed by atoms with van der Waals surface area (Å²) in [4.78, 5) is 22.2. The Labute approximate surface area is 308 Å². The smallest absolute Gasteiger partial charge is 0.305 e. The first-order valence-corrected chi connectivity index (χ1v) is 21.3.